The van der Waals surface area contributed by atoms with E-state index in [1.807, 2.05) is 10.6 Å². The van der Waals surface area contributed by atoms with Crippen molar-refractivity contribution in [1.82, 2.24) is 19.7 Å². The first kappa shape index (κ1) is 20.3. The first-order valence-corrected chi connectivity index (χ1v) is 10.2. The van der Waals surface area contributed by atoms with Crippen LogP contribution in [0.25, 0.3) is 27.9 Å². The van der Waals surface area contributed by atoms with Gasteiger partial charge in [0.2, 0.25) is 0 Å². The van der Waals surface area contributed by atoms with E-state index in [4.69, 9.17) is 0 Å². The Hall–Kier alpha value is -2.44. The van der Waals surface area contributed by atoms with Gasteiger partial charge in [-0.25, -0.2) is 0 Å². The molecule has 3 rings (SSSR count). The highest BCUT2D eigenvalue weighted by Crippen LogP contribution is 2.25. The molecule has 3 aromatic rings. The van der Waals surface area contributed by atoms with E-state index in [0.717, 1.165) is 42.5 Å². The monoisotopic (exact) mass is 382 g/mol. The van der Waals surface area contributed by atoms with Gasteiger partial charge in [0.1, 0.15) is 5.52 Å². The molecule has 0 fully saturated rings. The Bertz CT molecular complexity index is 1030. The molecule has 6 heteroatoms. The van der Waals surface area contributed by atoms with Gasteiger partial charge in [0.05, 0.1) is 16.6 Å². The number of likely N-dealkylation sites (N-methyl/N-ethyl adjacent to an activating group) is 1. The molecule has 1 aromatic carbocycles. The normalized spacial score (nSPS) is 12.2. The SMILES string of the molecule is CCCn1c(=O)c2c(CCO)[nH]nc2c2cc(C=CCN(CC)CC)ccc21. The number of aromatic amines is 1. The maximum atomic E-state index is 13.1. The quantitative estimate of drug-likeness (QED) is 0.596. The number of nitrogens with zero attached hydrogens (tertiary/aromatic N) is 3. The Morgan fingerprint density at radius 2 is 2.04 bits per heavy atom. The fourth-order valence-electron chi connectivity index (χ4n) is 3.69. The highest BCUT2D eigenvalue weighted by atomic mass is 16.3. The number of hydrogen-bond donors (Lipinski definition) is 2. The molecular weight excluding hydrogens is 352 g/mol. The summed E-state index contributed by atoms with van der Waals surface area (Å²) in [5, 5.41) is 18.3. The minimum absolute atomic E-state index is 0.0172. The standard InChI is InChI=1S/C22H30N4O2/c1-4-12-26-19-10-9-16(8-7-13-25(5-2)6-3)15-17(19)21-20(22(26)28)18(11-14-27)23-24-21/h7-10,15,27H,4-6,11-14H2,1-3H3,(H,23,24). The molecule has 0 saturated heterocycles. The molecular formula is C22H30N4O2. The van der Waals surface area contributed by atoms with Crippen molar-refractivity contribution in [2.75, 3.05) is 26.2 Å². The van der Waals surface area contributed by atoms with Crippen LogP contribution in [-0.2, 0) is 13.0 Å². The predicted molar refractivity (Wildman–Crippen MR) is 116 cm³/mol. The van der Waals surface area contributed by atoms with Crippen molar-refractivity contribution in [2.24, 2.45) is 0 Å². The van der Waals surface area contributed by atoms with Crippen LogP contribution in [0, 0.1) is 0 Å². The van der Waals surface area contributed by atoms with Gasteiger partial charge >= 0.3 is 0 Å². The van der Waals surface area contributed by atoms with Crippen molar-refractivity contribution in [2.45, 2.75) is 40.2 Å². The fourth-order valence-corrected chi connectivity index (χ4v) is 3.69. The van der Waals surface area contributed by atoms with Gasteiger partial charge < -0.3 is 14.6 Å². The average Bonchev–Trinajstić information content (AvgIpc) is 3.13. The van der Waals surface area contributed by atoms with Crippen molar-refractivity contribution < 1.29 is 5.11 Å². The van der Waals surface area contributed by atoms with Crippen LogP contribution in [0.3, 0.4) is 0 Å². The van der Waals surface area contributed by atoms with Crippen molar-refractivity contribution in [3.8, 4) is 0 Å². The minimum Gasteiger partial charge on any atom is -0.396 e. The second kappa shape index (κ2) is 9.17. The molecule has 0 saturated carbocycles. The largest absolute Gasteiger partial charge is 0.396 e. The van der Waals surface area contributed by atoms with Gasteiger partial charge in [-0.1, -0.05) is 39.0 Å². The number of pyridine rings is 1. The molecule has 28 heavy (non-hydrogen) atoms. The predicted octanol–water partition coefficient (Wildman–Crippen LogP) is 3.18. The van der Waals surface area contributed by atoms with Crippen LogP contribution in [0.15, 0.2) is 29.1 Å². The van der Waals surface area contributed by atoms with Crippen molar-refractivity contribution in [3.63, 3.8) is 0 Å². The van der Waals surface area contributed by atoms with E-state index in [-0.39, 0.29) is 12.2 Å². The lowest BCUT2D eigenvalue weighted by Crippen LogP contribution is -2.22. The van der Waals surface area contributed by atoms with Crippen LogP contribution in [0.2, 0.25) is 0 Å². The maximum absolute atomic E-state index is 13.1. The zero-order valence-corrected chi connectivity index (χ0v) is 17.0. The zero-order chi connectivity index (χ0) is 20.1. The highest BCUT2D eigenvalue weighted by molar-refractivity contribution is 6.04. The maximum Gasteiger partial charge on any atom is 0.262 e. The molecule has 0 bridgehead atoms. The summed E-state index contributed by atoms with van der Waals surface area (Å²) < 4.78 is 1.83. The summed E-state index contributed by atoms with van der Waals surface area (Å²) in [6, 6.07) is 6.18. The summed E-state index contributed by atoms with van der Waals surface area (Å²) in [6.45, 7) is 10.0. The molecule has 0 spiro atoms. The van der Waals surface area contributed by atoms with E-state index in [1.165, 1.54) is 0 Å². The first-order valence-electron chi connectivity index (χ1n) is 10.2. The van der Waals surface area contributed by atoms with E-state index in [2.05, 4.69) is 60.2 Å². The van der Waals surface area contributed by atoms with Crippen molar-refractivity contribution in [1.29, 1.82) is 0 Å². The Morgan fingerprint density at radius 3 is 2.71 bits per heavy atom. The van der Waals surface area contributed by atoms with Crippen LogP contribution in [-0.4, -0.2) is 51.0 Å². The topological polar surface area (TPSA) is 74.1 Å². The van der Waals surface area contributed by atoms with Gasteiger partial charge in [-0.05, 0) is 37.2 Å². The Morgan fingerprint density at radius 1 is 1.25 bits per heavy atom. The van der Waals surface area contributed by atoms with E-state index >= 15 is 0 Å². The molecule has 6 nitrogen and oxygen atoms in total. The molecule has 0 radical (unpaired) electrons. The number of nitrogens with one attached hydrogen (secondary N) is 1. The van der Waals surface area contributed by atoms with E-state index in [9.17, 15) is 9.90 Å². The summed E-state index contributed by atoms with van der Waals surface area (Å²) in [4.78, 5) is 15.4. The van der Waals surface area contributed by atoms with Gasteiger partial charge in [0.25, 0.3) is 5.56 Å². The zero-order valence-electron chi connectivity index (χ0n) is 17.0. The molecule has 2 heterocycles. The van der Waals surface area contributed by atoms with Crippen LogP contribution in [0.5, 0.6) is 0 Å². The fraction of sp³-hybridized carbons (Fsp3) is 0.455. The Labute approximate surface area is 165 Å². The first-order chi connectivity index (χ1) is 13.6. The number of aromatic nitrogens is 3. The number of benzene rings is 1. The van der Waals surface area contributed by atoms with Gasteiger partial charge in [0.15, 0.2) is 0 Å². The number of aliphatic hydroxyl groups excluding tert-OH is 1. The molecule has 150 valence electrons. The van der Waals surface area contributed by atoms with Gasteiger partial charge in [-0.3, -0.25) is 9.89 Å². The number of rotatable bonds is 9. The van der Waals surface area contributed by atoms with Gasteiger partial charge in [-0.2, -0.15) is 5.10 Å². The molecule has 0 unspecified atom stereocenters. The number of hydrogen-bond acceptors (Lipinski definition) is 4. The number of fused-ring (bicyclic) bond motifs is 3. The lowest BCUT2D eigenvalue weighted by atomic mass is 10.1. The van der Waals surface area contributed by atoms with Gasteiger partial charge in [0, 0.05) is 31.5 Å². The van der Waals surface area contributed by atoms with Crippen molar-refractivity contribution in [3.05, 3.63) is 45.9 Å². The molecule has 0 aliphatic rings. The third-order valence-electron chi connectivity index (χ3n) is 5.24. The molecule has 2 N–H and O–H groups in total. The van der Waals surface area contributed by atoms with E-state index < -0.39 is 0 Å². The molecule has 0 amide bonds. The molecule has 0 aliphatic carbocycles. The number of aryl methyl sites for hydroxylation is 1. The van der Waals surface area contributed by atoms with Gasteiger partial charge in [-0.15, -0.1) is 0 Å². The second-order valence-corrected chi connectivity index (χ2v) is 7.02. The van der Waals surface area contributed by atoms with Crippen LogP contribution in [0.1, 0.15) is 38.4 Å². The van der Waals surface area contributed by atoms with Crippen LogP contribution < -0.4 is 5.56 Å². The van der Waals surface area contributed by atoms with Crippen LogP contribution >= 0.6 is 0 Å². The number of H-pyrrole nitrogens is 1. The van der Waals surface area contributed by atoms with E-state index in [1.54, 1.807) is 0 Å². The number of aliphatic hydroxyl groups is 1. The third kappa shape index (κ3) is 3.88. The Balaban J connectivity index is 2.13. The molecule has 2 aromatic heterocycles. The summed E-state index contributed by atoms with van der Waals surface area (Å²) in [5.41, 5.74) is 3.36. The average molecular weight is 383 g/mol. The summed E-state index contributed by atoms with van der Waals surface area (Å²) in [6.07, 6.45) is 5.57. The van der Waals surface area contributed by atoms with Crippen LogP contribution in [0.4, 0.5) is 0 Å². The van der Waals surface area contributed by atoms with Crippen molar-refractivity contribution >= 4 is 27.9 Å². The third-order valence-corrected chi connectivity index (χ3v) is 5.24. The summed E-state index contributed by atoms with van der Waals surface area (Å²) >= 11 is 0. The highest BCUT2D eigenvalue weighted by Gasteiger charge is 2.16. The Kier molecular flexibility index (Phi) is 6.65. The molecule has 0 aliphatic heterocycles. The summed E-state index contributed by atoms with van der Waals surface area (Å²) in [5.74, 6) is 0. The minimum atomic E-state index is -0.0358. The summed E-state index contributed by atoms with van der Waals surface area (Å²) in [7, 11) is 0. The lowest BCUT2D eigenvalue weighted by Gasteiger charge is -2.15. The molecule has 0 atom stereocenters. The lowest BCUT2D eigenvalue weighted by molar-refractivity contribution is 0.298. The van der Waals surface area contributed by atoms with E-state index in [0.29, 0.717) is 29.6 Å². The second-order valence-electron chi connectivity index (χ2n) is 7.02. The smallest absolute Gasteiger partial charge is 0.262 e.